The molecule has 0 aromatic carbocycles. The fourth-order valence-electron chi connectivity index (χ4n) is 3.48. The maximum atomic E-state index is 12.7. The maximum absolute atomic E-state index is 12.7. The molecule has 144 valence electrons. The number of nitriles is 1. The van der Waals surface area contributed by atoms with Crippen LogP contribution in [0.15, 0.2) is 22.8 Å². The van der Waals surface area contributed by atoms with Gasteiger partial charge < -0.3 is 14.3 Å². The number of hydrogen-bond acceptors (Lipinski definition) is 4. The Bertz CT molecular complexity index is 825. The Morgan fingerprint density at radius 1 is 1.44 bits per heavy atom. The van der Waals surface area contributed by atoms with Crippen molar-refractivity contribution in [1.82, 2.24) is 9.47 Å². The van der Waals surface area contributed by atoms with Gasteiger partial charge in [0, 0.05) is 12.2 Å². The highest BCUT2D eigenvalue weighted by Gasteiger charge is 2.26. The van der Waals surface area contributed by atoms with Crippen LogP contribution in [0, 0.1) is 31.1 Å². The number of anilines is 1. The molecule has 0 spiro atoms. The van der Waals surface area contributed by atoms with Gasteiger partial charge in [0.25, 0.3) is 0 Å². The zero-order valence-corrected chi connectivity index (χ0v) is 16.4. The topological polar surface area (TPSA) is 74.2 Å². The van der Waals surface area contributed by atoms with E-state index in [1.165, 1.54) is 12.8 Å². The van der Waals surface area contributed by atoms with Gasteiger partial charge in [0.05, 0.1) is 24.9 Å². The molecule has 2 aromatic heterocycles. The minimum Gasteiger partial charge on any atom is -0.467 e. The van der Waals surface area contributed by atoms with Crippen molar-refractivity contribution in [2.75, 3.05) is 25.0 Å². The van der Waals surface area contributed by atoms with E-state index in [0.717, 1.165) is 42.4 Å². The SMILES string of the molecule is CCCN(CC(=O)Nc1c(C#N)c(C)c(C)n1Cc1ccco1)CC1CC1. The summed E-state index contributed by atoms with van der Waals surface area (Å²) in [6.45, 7) is 8.76. The normalized spacial score (nSPS) is 13.7. The van der Waals surface area contributed by atoms with Crippen molar-refractivity contribution in [2.45, 2.75) is 46.6 Å². The molecule has 1 aliphatic carbocycles. The van der Waals surface area contributed by atoms with Crippen molar-refractivity contribution in [2.24, 2.45) is 5.92 Å². The lowest BCUT2D eigenvalue weighted by Gasteiger charge is -2.21. The second kappa shape index (κ2) is 8.45. The van der Waals surface area contributed by atoms with Crippen LogP contribution in [-0.2, 0) is 11.3 Å². The van der Waals surface area contributed by atoms with Crippen LogP contribution in [0.5, 0.6) is 0 Å². The maximum Gasteiger partial charge on any atom is 0.239 e. The highest BCUT2D eigenvalue weighted by Crippen LogP contribution is 2.30. The number of carbonyl (C=O) groups is 1. The van der Waals surface area contributed by atoms with E-state index in [-0.39, 0.29) is 5.91 Å². The van der Waals surface area contributed by atoms with E-state index in [0.29, 0.717) is 24.5 Å². The van der Waals surface area contributed by atoms with E-state index in [2.05, 4.69) is 23.2 Å². The van der Waals surface area contributed by atoms with Crippen molar-refractivity contribution in [1.29, 1.82) is 5.26 Å². The molecule has 0 aliphatic heterocycles. The molecule has 1 aliphatic rings. The van der Waals surface area contributed by atoms with Crippen molar-refractivity contribution < 1.29 is 9.21 Å². The lowest BCUT2D eigenvalue weighted by Crippen LogP contribution is -2.35. The van der Waals surface area contributed by atoms with E-state index >= 15 is 0 Å². The molecule has 0 radical (unpaired) electrons. The third-order valence-electron chi connectivity index (χ3n) is 5.21. The van der Waals surface area contributed by atoms with Gasteiger partial charge in [-0.15, -0.1) is 0 Å². The first kappa shape index (κ1) is 19.2. The summed E-state index contributed by atoms with van der Waals surface area (Å²) in [6, 6.07) is 5.98. The van der Waals surface area contributed by atoms with Crippen LogP contribution in [0.1, 0.15) is 48.8 Å². The molecule has 2 heterocycles. The molecular weight excluding hydrogens is 340 g/mol. The number of aromatic nitrogens is 1. The number of carbonyl (C=O) groups excluding carboxylic acids is 1. The molecule has 0 saturated heterocycles. The Labute approximate surface area is 160 Å². The molecule has 3 rings (SSSR count). The standard InChI is InChI=1S/C21H28N4O2/c1-4-9-24(12-17-7-8-17)14-20(26)23-21-19(11-22)15(2)16(3)25(21)13-18-6-5-10-27-18/h5-6,10,17H,4,7-9,12-14H2,1-3H3,(H,23,26). The van der Waals surface area contributed by atoms with Gasteiger partial charge in [0.2, 0.25) is 5.91 Å². The predicted molar refractivity (Wildman–Crippen MR) is 105 cm³/mol. The van der Waals surface area contributed by atoms with Crippen molar-refractivity contribution in [3.8, 4) is 6.07 Å². The third-order valence-corrected chi connectivity index (χ3v) is 5.21. The van der Waals surface area contributed by atoms with Crippen molar-refractivity contribution >= 4 is 11.7 Å². The van der Waals surface area contributed by atoms with Gasteiger partial charge in [-0.2, -0.15) is 5.26 Å². The number of rotatable bonds is 9. The summed E-state index contributed by atoms with van der Waals surface area (Å²) in [5.41, 5.74) is 2.38. The van der Waals surface area contributed by atoms with Gasteiger partial charge in [0.15, 0.2) is 0 Å². The van der Waals surface area contributed by atoms with Crippen LogP contribution in [0.3, 0.4) is 0 Å². The summed E-state index contributed by atoms with van der Waals surface area (Å²) in [6.07, 6.45) is 5.19. The number of furan rings is 1. The van der Waals surface area contributed by atoms with E-state index in [1.807, 2.05) is 30.5 Å². The van der Waals surface area contributed by atoms with Crippen molar-refractivity contribution in [3.63, 3.8) is 0 Å². The van der Waals surface area contributed by atoms with Gasteiger partial charge in [-0.25, -0.2) is 0 Å². The summed E-state index contributed by atoms with van der Waals surface area (Å²) in [7, 11) is 0. The van der Waals surface area contributed by atoms with Gasteiger partial charge in [-0.05, 0) is 63.3 Å². The smallest absolute Gasteiger partial charge is 0.239 e. The average molecular weight is 368 g/mol. The average Bonchev–Trinajstić information content (AvgIpc) is 3.24. The summed E-state index contributed by atoms with van der Waals surface area (Å²) in [4.78, 5) is 15.0. The lowest BCUT2D eigenvalue weighted by atomic mass is 10.2. The van der Waals surface area contributed by atoms with Crippen LogP contribution in [0.4, 0.5) is 5.82 Å². The third kappa shape index (κ3) is 4.61. The zero-order chi connectivity index (χ0) is 19.4. The molecule has 6 heteroatoms. The molecule has 0 atom stereocenters. The second-order valence-electron chi connectivity index (χ2n) is 7.44. The number of nitrogens with zero attached hydrogens (tertiary/aromatic N) is 3. The second-order valence-corrected chi connectivity index (χ2v) is 7.44. The highest BCUT2D eigenvalue weighted by molar-refractivity contribution is 5.93. The van der Waals surface area contributed by atoms with Gasteiger partial charge in [0.1, 0.15) is 17.6 Å². The first-order valence-corrected chi connectivity index (χ1v) is 9.67. The van der Waals surface area contributed by atoms with Gasteiger partial charge >= 0.3 is 0 Å². The molecular formula is C21H28N4O2. The Morgan fingerprint density at radius 3 is 2.81 bits per heavy atom. The Kier molecular flexibility index (Phi) is 6.02. The van der Waals surface area contributed by atoms with Crippen molar-refractivity contribution in [3.05, 3.63) is 41.0 Å². The van der Waals surface area contributed by atoms with Crippen LogP contribution in [-0.4, -0.2) is 35.0 Å². The Morgan fingerprint density at radius 2 is 2.22 bits per heavy atom. The minimum absolute atomic E-state index is 0.0706. The summed E-state index contributed by atoms with van der Waals surface area (Å²) in [5.74, 6) is 2.02. The molecule has 6 nitrogen and oxygen atoms in total. The highest BCUT2D eigenvalue weighted by atomic mass is 16.3. The first-order chi connectivity index (χ1) is 13.0. The molecule has 1 amide bonds. The van der Waals surface area contributed by atoms with E-state index in [9.17, 15) is 10.1 Å². The van der Waals surface area contributed by atoms with E-state index < -0.39 is 0 Å². The number of hydrogen-bond donors (Lipinski definition) is 1. The number of nitrogens with one attached hydrogen (secondary N) is 1. The monoisotopic (exact) mass is 368 g/mol. The quantitative estimate of drug-likeness (QED) is 0.733. The van der Waals surface area contributed by atoms with E-state index in [1.54, 1.807) is 6.26 Å². The fourth-order valence-corrected chi connectivity index (χ4v) is 3.48. The van der Waals surface area contributed by atoms with Crippen LogP contribution < -0.4 is 5.32 Å². The van der Waals surface area contributed by atoms with Crippen LogP contribution >= 0.6 is 0 Å². The number of amides is 1. The fraction of sp³-hybridized carbons (Fsp3) is 0.524. The first-order valence-electron chi connectivity index (χ1n) is 9.67. The molecule has 27 heavy (non-hydrogen) atoms. The van der Waals surface area contributed by atoms with Gasteiger partial charge in [-0.3, -0.25) is 9.69 Å². The molecule has 0 unspecified atom stereocenters. The zero-order valence-electron chi connectivity index (χ0n) is 16.4. The molecule has 0 bridgehead atoms. The molecule has 1 fully saturated rings. The molecule has 2 aromatic rings. The minimum atomic E-state index is -0.0706. The summed E-state index contributed by atoms with van der Waals surface area (Å²) >= 11 is 0. The Hall–Kier alpha value is -2.52. The Balaban J connectivity index is 1.78. The summed E-state index contributed by atoms with van der Waals surface area (Å²) in [5, 5.41) is 12.6. The van der Waals surface area contributed by atoms with Crippen LogP contribution in [0.2, 0.25) is 0 Å². The van der Waals surface area contributed by atoms with Crippen LogP contribution in [0.25, 0.3) is 0 Å². The predicted octanol–water partition coefficient (Wildman–Crippen LogP) is 3.68. The lowest BCUT2D eigenvalue weighted by molar-refractivity contribution is -0.117. The summed E-state index contributed by atoms with van der Waals surface area (Å²) < 4.78 is 7.41. The van der Waals surface area contributed by atoms with Gasteiger partial charge in [-0.1, -0.05) is 6.92 Å². The van der Waals surface area contributed by atoms with E-state index in [4.69, 9.17) is 4.42 Å². The largest absolute Gasteiger partial charge is 0.467 e. The molecule has 1 N–H and O–H groups in total. The molecule has 1 saturated carbocycles.